The highest BCUT2D eigenvalue weighted by atomic mass is 19.1. The van der Waals surface area contributed by atoms with Gasteiger partial charge in [0, 0.05) is 6.54 Å². The smallest absolute Gasteiger partial charge is 0.426 e. The lowest BCUT2D eigenvalue weighted by atomic mass is 10.1. The normalized spacial score (nSPS) is 14.8. The van der Waals surface area contributed by atoms with Gasteiger partial charge in [0.05, 0.1) is 12.7 Å². The molecule has 0 saturated heterocycles. The topological polar surface area (TPSA) is 43.8 Å². The maximum absolute atomic E-state index is 13.1. The maximum atomic E-state index is 13.1. The van der Waals surface area contributed by atoms with Crippen LogP contribution in [0, 0.1) is 0 Å². The van der Waals surface area contributed by atoms with Gasteiger partial charge in [-0.15, -0.1) is 0 Å². The number of hydrazine groups is 1. The van der Waals surface area contributed by atoms with Gasteiger partial charge in [-0.05, 0) is 6.42 Å². The Labute approximate surface area is 121 Å². The molecule has 0 atom stereocenters. The van der Waals surface area contributed by atoms with Crippen LogP contribution in [0.25, 0.3) is 0 Å². The monoisotopic (exact) mass is 286 g/mol. The lowest BCUT2D eigenvalue weighted by molar-refractivity contribution is 0.0480. The Morgan fingerprint density at radius 3 is 2.25 bits per heavy atom. The predicted molar refractivity (Wildman–Crippen MR) is 77.9 cm³/mol. The quantitative estimate of drug-likeness (QED) is 0.600. The number of amides is 1. The Kier molecular flexibility index (Phi) is 8.07. The van der Waals surface area contributed by atoms with Crippen LogP contribution in [0.15, 0.2) is 12.0 Å². The number of hydrogen-bond acceptors (Lipinski definition) is 2. The molecule has 0 bridgehead atoms. The molecule has 0 aromatic heterocycles. The van der Waals surface area contributed by atoms with Crippen LogP contribution >= 0.6 is 0 Å². The molecule has 0 saturated carbocycles. The third-order valence-corrected chi connectivity index (χ3v) is 3.61. The average molecular weight is 286 g/mol. The Bertz CT molecular complexity index is 321. The first-order chi connectivity index (χ1) is 9.65. The van der Waals surface area contributed by atoms with E-state index in [2.05, 4.69) is 6.92 Å². The molecule has 0 aliphatic carbocycles. The Balaban J connectivity index is 2.02. The number of carboxylic acid groups (broad SMARTS) is 1. The van der Waals surface area contributed by atoms with Crippen molar-refractivity contribution < 1.29 is 14.3 Å². The van der Waals surface area contributed by atoms with Gasteiger partial charge in [0.15, 0.2) is 0 Å². The summed E-state index contributed by atoms with van der Waals surface area (Å²) >= 11 is 0. The van der Waals surface area contributed by atoms with Crippen molar-refractivity contribution in [3.8, 4) is 0 Å². The van der Waals surface area contributed by atoms with Crippen molar-refractivity contribution in [2.75, 3.05) is 13.1 Å². The second-order valence-electron chi connectivity index (χ2n) is 5.41. The summed E-state index contributed by atoms with van der Waals surface area (Å²) in [6.07, 6.45) is 11.2. The van der Waals surface area contributed by atoms with E-state index in [0.717, 1.165) is 17.9 Å². The van der Waals surface area contributed by atoms with Gasteiger partial charge in [-0.3, -0.25) is 5.01 Å². The minimum atomic E-state index is -1.09. The van der Waals surface area contributed by atoms with Crippen LogP contribution < -0.4 is 0 Å². The van der Waals surface area contributed by atoms with Crippen LogP contribution in [0.4, 0.5) is 9.18 Å². The summed E-state index contributed by atoms with van der Waals surface area (Å²) in [4.78, 5) is 10.9. The van der Waals surface area contributed by atoms with E-state index in [1.807, 2.05) is 0 Å². The van der Waals surface area contributed by atoms with E-state index in [1.54, 1.807) is 0 Å². The maximum Gasteiger partial charge on any atom is 0.426 e. The molecule has 1 rings (SSSR count). The average Bonchev–Trinajstić information content (AvgIpc) is 2.78. The van der Waals surface area contributed by atoms with E-state index in [0.29, 0.717) is 6.54 Å². The van der Waals surface area contributed by atoms with Crippen LogP contribution in [-0.4, -0.2) is 34.3 Å². The molecule has 1 aliphatic heterocycles. The van der Waals surface area contributed by atoms with Crippen LogP contribution in [0.5, 0.6) is 0 Å². The zero-order valence-electron chi connectivity index (χ0n) is 12.5. The van der Waals surface area contributed by atoms with Crippen LogP contribution in [-0.2, 0) is 0 Å². The molecule has 0 aromatic carbocycles. The molecule has 0 radical (unpaired) electrons. The van der Waals surface area contributed by atoms with Gasteiger partial charge in [-0.1, -0.05) is 58.3 Å². The standard InChI is InChI=1S/C15H27FN2O2/c1-2-3-4-5-6-7-8-9-10-11-17-12-14(16)13-18(17)15(19)20/h12H,2-11,13H2,1H3,(H,19,20). The van der Waals surface area contributed by atoms with Crippen molar-refractivity contribution in [1.82, 2.24) is 10.0 Å². The number of halogens is 1. The Hall–Kier alpha value is -1.26. The molecule has 1 aliphatic rings. The molecule has 0 fully saturated rings. The van der Waals surface area contributed by atoms with Gasteiger partial charge in [0.25, 0.3) is 0 Å². The van der Waals surface area contributed by atoms with Gasteiger partial charge in [0.2, 0.25) is 0 Å². The Morgan fingerprint density at radius 1 is 1.15 bits per heavy atom. The summed E-state index contributed by atoms with van der Waals surface area (Å²) in [6.45, 7) is 2.65. The number of carbonyl (C=O) groups is 1. The summed E-state index contributed by atoms with van der Waals surface area (Å²) < 4.78 is 13.1. The third kappa shape index (κ3) is 6.26. The molecule has 1 heterocycles. The second kappa shape index (κ2) is 9.61. The van der Waals surface area contributed by atoms with Gasteiger partial charge in [-0.2, -0.15) is 0 Å². The predicted octanol–water partition coefficient (Wildman–Crippen LogP) is 4.54. The van der Waals surface area contributed by atoms with E-state index in [4.69, 9.17) is 5.11 Å². The summed E-state index contributed by atoms with van der Waals surface area (Å²) in [6, 6.07) is 0. The minimum Gasteiger partial charge on any atom is -0.464 e. The third-order valence-electron chi connectivity index (χ3n) is 3.61. The molecule has 4 nitrogen and oxygen atoms in total. The van der Waals surface area contributed by atoms with Gasteiger partial charge >= 0.3 is 6.09 Å². The number of hydrogen-bond donors (Lipinski definition) is 1. The van der Waals surface area contributed by atoms with E-state index < -0.39 is 6.09 Å². The lowest BCUT2D eigenvalue weighted by Crippen LogP contribution is -2.39. The van der Waals surface area contributed by atoms with Crippen molar-refractivity contribution in [3.63, 3.8) is 0 Å². The van der Waals surface area contributed by atoms with Crippen molar-refractivity contribution in [1.29, 1.82) is 0 Å². The van der Waals surface area contributed by atoms with E-state index in [-0.39, 0.29) is 12.4 Å². The van der Waals surface area contributed by atoms with Crippen molar-refractivity contribution in [3.05, 3.63) is 12.0 Å². The SMILES string of the molecule is CCCCCCCCCCCN1C=C(F)CN1C(=O)O. The number of unbranched alkanes of at least 4 members (excludes halogenated alkanes) is 8. The first kappa shape index (κ1) is 16.8. The number of nitrogens with zero attached hydrogens (tertiary/aromatic N) is 2. The minimum absolute atomic E-state index is 0.146. The van der Waals surface area contributed by atoms with Gasteiger partial charge in [-0.25, -0.2) is 14.2 Å². The van der Waals surface area contributed by atoms with Gasteiger partial charge in [0.1, 0.15) is 5.83 Å². The largest absolute Gasteiger partial charge is 0.464 e. The first-order valence-corrected chi connectivity index (χ1v) is 7.78. The molecule has 1 amide bonds. The summed E-state index contributed by atoms with van der Waals surface area (Å²) in [5.41, 5.74) is 0. The lowest BCUT2D eigenvalue weighted by Gasteiger charge is -2.25. The first-order valence-electron chi connectivity index (χ1n) is 7.78. The fraction of sp³-hybridized carbons (Fsp3) is 0.800. The van der Waals surface area contributed by atoms with E-state index in [9.17, 15) is 9.18 Å². The highest BCUT2D eigenvalue weighted by Crippen LogP contribution is 2.17. The molecule has 0 spiro atoms. The van der Waals surface area contributed by atoms with Crippen LogP contribution in [0.3, 0.4) is 0 Å². The summed E-state index contributed by atoms with van der Waals surface area (Å²) in [5, 5.41) is 11.4. The van der Waals surface area contributed by atoms with Crippen molar-refractivity contribution >= 4 is 6.09 Å². The van der Waals surface area contributed by atoms with Crippen LogP contribution in [0.2, 0.25) is 0 Å². The molecule has 0 unspecified atom stereocenters. The fourth-order valence-corrected chi connectivity index (χ4v) is 2.45. The molecule has 0 aromatic rings. The molecule has 20 heavy (non-hydrogen) atoms. The van der Waals surface area contributed by atoms with Crippen molar-refractivity contribution in [2.45, 2.75) is 64.7 Å². The Morgan fingerprint density at radius 2 is 1.70 bits per heavy atom. The molecular weight excluding hydrogens is 259 g/mol. The van der Waals surface area contributed by atoms with Crippen molar-refractivity contribution in [2.24, 2.45) is 0 Å². The summed E-state index contributed by atoms with van der Waals surface area (Å²) in [7, 11) is 0. The zero-order chi connectivity index (χ0) is 14.8. The summed E-state index contributed by atoms with van der Waals surface area (Å²) in [5.74, 6) is -0.386. The van der Waals surface area contributed by atoms with E-state index in [1.165, 1.54) is 56.2 Å². The zero-order valence-corrected chi connectivity index (χ0v) is 12.5. The molecule has 1 N–H and O–H groups in total. The fourth-order valence-electron chi connectivity index (χ4n) is 2.45. The van der Waals surface area contributed by atoms with Gasteiger partial charge < -0.3 is 5.11 Å². The number of rotatable bonds is 10. The highest BCUT2D eigenvalue weighted by Gasteiger charge is 2.25. The molecular formula is C15H27FN2O2. The molecule has 5 heteroatoms. The second-order valence-corrected chi connectivity index (χ2v) is 5.41. The molecule has 116 valence electrons. The van der Waals surface area contributed by atoms with Crippen LogP contribution in [0.1, 0.15) is 64.7 Å². The van der Waals surface area contributed by atoms with E-state index >= 15 is 0 Å². The highest BCUT2D eigenvalue weighted by molar-refractivity contribution is 5.65.